The van der Waals surface area contributed by atoms with Crippen molar-refractivity contribution in [2.75, 3.05) is 0 Å². The summed E-state index contributed by atoms with van der Waals surface area (Å²) in [6.07, 6.45) is 7.55. The number of rotatable bonds is 9. The summed E-state index contributed by atoms with van der Waals surface area (Å²) in [6, 6.07) is 20.0. The van der Waals surface area contributed by atoms with E-state index in [9.17, 15) is 5.11 Å². The maximum Gasteiger partial charge on any atom is 0.111 e. The van der Waals surface area contributed by atoms with Gasteiger partial charge in [-0.3, -0.25) is 4.98 Å². The highest BCUT2D eigenvalue weighted by atomic mass is 16.3. The van der Waals surface area contributed by atoms with Gasteiger partial charge in [-0.15, -0.1) is 5.10 Å². The fraction of sp³-hybridized carbons (Fsp3) is 0.318. The van der Waals surface area contributed by atoms with Crippen LogP contribution in [-0.4, -0.2) is 20.3 Å². The quantitative estimate of drug-likeness (QED) is 0.567. The molecular formula is C22H25N3O. The number of aliphatic hydroxyl groups is 1. The van der Waals surface area contributed by atoms with Gasteiger partial charge in [0, 0.05) is 6.20 Å². The second-order valence-corrected chi connectivity index (χ2v) is 6.51. The number of aliphatic hydroxyl groups excluding tert-OH is 1. The summed E-state index contributed by atoms with van der Waals surface area (Å²) < 4.78 is 0. The Morgan fingerprint density at radius 1 is 0.731 bits per heavy atom. The van der Waals surface area contributed by atoms with Crippen molar-refractivity contribution < 1.29 is 5.11 Å². The predicted molar refractivity (Wildman–Crippen MR) is 103 cm³/mol. The zero-order valence-electron chi connectivity index (χ0n) is 15.0. The Morgan fingerprint density at radius 2 is 1.54 bits per heavy atom. The van der Waals surface area contributed by atoms with Gasteiger partial charge in [0.25, 0.3) is 0 Å². The zero-order chi connectivity index (χ0) is 18.0. The van der Waals surface area contributed by atoms with Crippen molar-refractivity contribution in [2.45, 2.75) is 44.6 Å². The minimum absolute atomic E-state index is 0.547. The van der Waals surface area contributed by atoms with Crippen LogP contribution in [0.2, 0.25) is 0 Å². The summed E-state index contributed by atoms with van der Waals surface area (Å²) in [6.45, 7) is 0. The maximum absolute atomic E-state index is 10.3. The fourth-order valence-corrected chi connectivity index (χ4v) is 2.98. The van der Waals surface area contributed by atoms with Crippen molar-refractivity contribution >= 4 is 0 Å². The molecule has 0 saturated carbocycles. The van der Waals surface area contributed by atoms with Gasteiger partial charge in [0.05, 0.1) is 17.5 Å². The third-order valence-corrected chi connectivity index (χ3v) is 4.49. The van der Waals surface area contributed by atoms with Crippen LogP contribution >= 0.6 is 0 Å². The highest BCUT2D eigenvalue weighted by Gasteiger charge is 2.10. The number of aryl methyl sites for hydroxylation is 1. The van der Waals surface area contributed by atoms with E-state index in [0.717, 1.165) is 37.1 Å². The smallest absolute Gasteiger partial charge is 0.111 e. The topological polar surface area (TPSA) is 58.9 Å². The first kappa shape index (κ1) is 18.2. The van der Waals surface area contributed by atoms with Gasteiger partial charge in [-0.1, -0.05) is 55.7 Å². The molecule has 0 saturated heterocycles. The van der Waals surface area contributed by atoms with Crippen molar-refractivity contribution in [3.63, 3.8) is 0 Å². The van der Waals surface area contributed by atoms with Crippen LogP contribution in [-0.2, 0) is 6.42 Å². The third-order valence-electron chi connectivity index (χ3n) is 4.49. The molecule has 3 rings (SSSR count). The molecule has 4 nitrogen and oxygen atoms in total. The summed E-state index contributed by atoms with van der Waals surface area (Å²) in [5.41, 5.74) is 3.55. The van der Waals surface area contributed by atoms with Gasteiger partial charge < -0.3 is 5.11 Å². The minimum atomic E-state index is -0.547. The van der Waals surface area contributed by atoms with Crippen LogP contribution in [0.5, 0.6) is 0 Å². The van der Waals surface area contributed by atoms with E-state index in [4.69, 9.17) is 0 Å². The molecule has 0 amide bonds. The van der Waals surface area contributed by atoms with E-state index in [2.05, 4.69) is 45.5 Å². The van der Waals surface area contributed by atoms with E-state index in [1.165, 1.54) is 18.4 Å². The van der Waals surface area contributed by atoms with Crippen LogP contribution in [0.4, 0.5) is 0 Å². The van der Waals surface area contributed by atoms with E-state index in [-0.39, 0.29) is 0 Å². The molecule has 26 heavy (non-hydrogen) atoms. The molecule has 1 aromatic carbocycles. The average Bonchev–Trinajstić information content (AvgIpc) is 2.72. The first-order chi connectivity index (χ1) is 12.8. The van der Waals surface area contributed by atoms with Crippen molar-refractivity contribution in [1.29, 1.82) is 0 Å². The number of hydrogen-bond donors (Lipinski definition) is 1. The van der Waals surface area contributed by atoms with Gasteiger partial charge in [-0.25, -0.2) is 0 Å². The molecule has 3 aromatic rings. The molecule has 0 aliphatic carbocycles. The van der Waals surface area contributed by atoms with Gasteiger partial charge >= 0.3 is 0 Å². The molecule has 0 aliphatic rings. The number of nitrogens with zero attached hydrogens (tertiary/aromatic N) is 3. The predicted octanol–water partition coefficient (Wildman–Crippen LogP) is 4.77. The molecule has 1 atom stereocenters. The van der Waals surface area contributed by atoms with Crippen molar-refractivity contribution in [3.8, 4) is 11.4 Å². The Hall–Kier alpha value is -2.59. The van der Waals surface area contributed by atoms with Gasteiger partial charge in [0.1, 0.15) is 5.69 Å². The van der Waals surface area contributed by atoms with E-state index in [1.807, 2.05) is 30.3 Å². The number of unbranched alkanes of at least 4 members (excludes halogenated alkanes) is 3. The van der Waals surface area contributed by atoms with Crippen LogP contribution in [0.25, 0.3) is 11.4 Å². The van der Waals surface area contributed by atoms with Gasteiger partial charge in [0.15, 0.2) is 0 Å². The molecule has 1 unspecified atom stereocenters. The van der Waals surface area contributed by atoms with Crippen LogP contribution < -0.4 is 0 Å². The second-order valence-electron chi connectivity index (χ2n) is 6.51. The molecule has 0 spiro atoms. The fourth-order valence-electron chi connectivity index (χ4n) is 2.98. The van der Waals surface area contributed by atoms with E-state index >= 15 is 0 Å². The molecule has 0 fully saturated rings. The molecule has 2 heterocycles. The summed E-state index contributed by atoms with van der Waals surface area (Å²) in [7, 11) is 0. The van der Waals surface area contributed by atoms with Crippen molar-refractivity contribution in [2.24, 2.45) is 0 Å². The lowest BCUT2D eigenvalue weighted by Gasteiger charge is -2.10. The van der Waals surface area contributed by atoms with E-state index in [1.54, 1.807) is 6.20 Å². The minimum Gasteiger partial charge on any atom is -0.387 e. The van der Waals surface area contributed by atoms with Gasteiger partial charge in [-0.05, 0) is 49.1 Å². The summed E-state index contributed by atoms with van der Waals surface area (Å²) in [5.74, 6) is 0. The first-order valence-corrected chi connectivity index (χ1v) is 9.30. The lowest BCUT2D eigenvalue weighted by atomic mass is 10.0. The number of hydrogen-bond acceptors (Lipinski definition) is 4. The second kappa shape index (κ2) is 9.78. The van der Waals surface area contributed by atoms with E-state index in [0.29, 0.717) is 5.69 Å². The van der Waals surface area contributed by atoms with E-state index < -0.39 is 6.10 Å². The maximum atomic E-state index is 10.3. The molecule has 0 radical (unpaired) electrons. The summed E-state index contributed by atoms with van der Waals surface area (Å²) in [5, 5.41) is 18.7. The largest absolute Gasteiger partial charge is 0.387 e. The van der Waals surface area contributed by atoms with Gasteiger partial charge in [0.2, 0.25) is 0 Å². The Kier molecular flexibility index (Phi) is 6.85. The Morgan fingerprint density at radius 3 is 2.27 bits per heavy atom. The highest BCUT2D eigenvalue weighted by molar-refractivity contribution is 5.52. The Bertz CT molecular complexity index is 760. The Balaban J connectivity index is 1.37. The standard InChI is InChI=1S/C22H25N3O/c26-22(14-7-2-1-4-10-18-11-5-3-6-12-18)21-16-15-20(24-25-21)19-13-8-9-17-23-19/h3,5-6,8-9,11-13,15-17,22,26H,1-2,4,7,10,14H2. The summed E-state index contributed by atoms with van der Waals surface area (Å²) in [4.78, 5) is 4.26. The summed E-state index contributed by atoms with van der Waals surface area (Å²) >= 11 is 0. The molecule has 134 valence electrons. The SMILES string of the molecule is OC(CCCCCCc1ccccc1)c1ccc(-c2ccccn2)nn1. The zero-order valence-corrected chi connectivity index (χ0v) is 15.0. The normalized spacial score (nSPS) is 12.0. The van der Waals surface area contributed by atoms with Crippen LogP contribution in [0.1, 0.15) is 49.5 Å². The monoisotopic (exact) mass is 347 g/mol. The first-order valence-electron chi connectivity index (χ1n) is 9.30. The molecular weight excluding hydrogens is 322 g/mol. The van der Waals surface area contributed by atoms with Gasteiger partial charge in [-0.2, -0.15) is 5.10 Å². The van der Waals surface area contributed by atoms with Crippen LogP contribution in [0.15, 0.2) is 66.9 Å². The molecule has 2 aromatic heterocycles. The highest BCUT2D eigenvalue weighted by Crippen LogP contribution is 2.20. The molecule has 0 bridgehead atoms. The third kappa shape index (κ3) is 5.46. The van der Waals surface area contributed by atoms with Crippen molar-refractivity contribution in [1.82, 2.24) is 15.2 Å². The average molecular weight is 347 g/mol. The molecule has 4 heteroatoms. The lowest BCUT2D eigenvalue weighted by Crippen LogP contribution is -2.03. The Labute approximate surface area is 155 Å². The number of pyridine rings is 1. The molecule has 0 aliphatic heterocycles. The lowest BCUT2D eigenvalue weighted by molar-refractivity contribution is 0.157. The van der Waals surface area contributed by atoms with Crippen LogP contribution in [0, 0.1) is 0 Å². The number of benzene rings is 1. The number of aromatic nitrogens is 3. The van der Waals surface area contributed by atoms with Crippen molar-refractivity contribution in [3.05, 3.63) is 78.1 Å². The molecule has 1 N–H and O–H groups in total. The van der Waals surface area contributed by atoms with Crippen LogP contribution in [0.3, 0.4) is 0 Å².